The zero-order chi connectivity index (χ0) is 29.5. The van der Waals surface area contributed by atoms with Gasteiger partial charge in [-0.25, -0.2) is 0 Å². The molecule has 2 atom stereocenters. The molecule has 0 radical (unpaired) electrons. The normalized spacial score (nSPS) is 12.5. The Morgan fingerprint density at radius 3 is 2.38 bits per heavy atom. The summed E-state index contributed by atoms with van der Waals surface area (Å²) in [7, 11) is 0. The van der Waals surface area contributed by atoms with Gasteiger partial charge in [-0.15, -0.1) is 0 Å². The lowest BCUT2D eigenvalue weighted by atomic mass is 9.87. The third-order valence-corrected chi connectivity index (χ3v) is 7.60. The lowest BCUT2D eigenvalue weighted by molar-refractivity contribution is -0.143. The fourth-order valence-corrected chi connectivity index (χ4v) is 5.53. The Morgan fingerprint density at radius 1 is 0.881 bits per heavy atom. The molecule has 0 saturated heterocycles. The smallest absolute Gasteiger partial charge is 0.306 e. The summed E-state index contributed by atoms with van der Waals surface area (Å²) < 4.78 is 11.4. The van der Waals surface area contributed by atoms with Crippen LogP contribution in [0, 0.1) is 13.8 Å². The van der Waals surface area contributed by atoms with Crippen molar-refractivity contribution >= 4 is 22.8 Å². The van der Waals surface area contributed by atoms with Crippen molar-refractivity contribution < 1.29 is 18.7 Å². The van der Waals surface area contributed by atoms with E-state index >= 15 is 0 Å². The molecule has 0 aliphatic carbocycles. The molecule has 42 heavy (non-hydrogen) atoms. The van der Waals surface area contributed by atoms with Crippen molar-refractivity contribution in [1.82, 2.24) is 10.3 Å². The van der Waals surface area contributed by atoms with E-state index in [0.717, 1.165) is 16.5 Å². The number of hydrogen-bond donors (Lipinski definition) is 1. The molecule has 2 aromatic heterocycles. The van der Waals surface area contributed by atoms with Crippen LogP contribution in [-0.2, 0) is 20.7 Å². The van der Waals surface area contributed by atoms with E-state index in [1.54, 1.807) is 19.3 Å². The van der Waals surface area contributed by atoms with E-state index in [1.807, 2.05) is 54.6 Å². The number of nitrogens with one attached hydrogen (secondary N) is 1. The van der Waals surface area contributed by atoms with Gasteiger partial charge in [-0.1, -0.05) is 60.2 Å². The van der Waals surface area contributed by atoms with Crippen LogP contribution in [0.25, 0.3) is 11.0 Å². The largest absolute Gasteiger partial charge is 0.466 e. The van der Waals surface area contributed by atoms with E-state index in [0.29, 0.717) is 24.5 Å². The first kappa shape index (κ1) is 28.8. The summed E-state index contributed by atoms with van der Waals surface area (Å²) in [4.78, 5) is 29.6. The highest BCUT2D eigenvalue weighted by molar-refractivity contribution is 5.83. The molecule has 0 spiro atoms. The number of carbonyl (C=O) groups excluding carboxylic acids is 2. The van der Waals surface area contributed by atoms with E-state index in [-0.39, 0.29) is 36.6 Å². The Labute approximate surface area is 246 Å². The zero-order valence-electron chi connectivity index (χ0n) is 24.3. The Bertz CT molecular complexity index is 1660. The first-order chi connectivity index (χ1) is 20.4. The molecule has 0 fully saturated rings. The van der Waals surface area contributed by atoms with Crippen molar-refractivity contribution in [2.45, 2.75) is 45.4 Å². The molecule has 6 heteroatoms. The minimum Gasteiger partial charge on any atom is -0.466 e. The van der Waals surface area contributed by atoms with Crippen LogP contribution in [0.5, 0.6) is 0 Å². The molecule has 2 unspecified atom stereocenters. The van der Waals surface area contributed by atoms with Crippen molar-refractivity contribution in [3.05, 3.63) is 136 Å². The van der Waals surface area contributed by atoms with Crippen LogP contribution in [0.15, 0.2) is 102 Å². The topological polar surface area (TPSA) is 81.4 Å². The van der Waals surface area contributed by atoms with Crippen LogP contribution in [-0.4, -0.2) is 30.0 Å². The number of ether oxygens (including phenoxy) is 1. The van der Waals surface area contributed by atoms with Gasteiger partial charge in [0.1, 0.15) is 11.3 Å². The minimum absolute atomic E-state index is 0.0410. The minimum atomic E-state index is -0.300. The Hall–Kier alpha value is -4.71. The van der Waals surface area contributed by atoms with Crippen molar-refractivity contribution in [3.8, 4) is 0 Å². The van der Waals surface area contributed by atoms with Gasteiger partial charge in [0, 0.05) is 30.2 Å². The van der Waals surface area contributed by atoms with Crippen LogP contribution in [0.1, 0.15) is 64.3 Å². The molecule has 0 aliphatic heterocycles. The van der Waals surface area contributed by atoms with Crippen LogP contribution >= 0.6 is 0 Å². The second-order valence-electron chi connectivity index (χ2n) is 10.7. The average Bonchev–Trinajstić information content (AvgIpc) is 3.41. The Morgan fingerprint density at radius 2 is 1.64 bits per heavy atom. The maximum Gasteiger partial charge on any atom is 0.306 e. The highest BCUT2D eigenvalue weighted by atomic mass is 16.5. The number of furan rings is 1. The fourth-order valence-electron chi connectivity index (χ4n) is 5.53. The number of aryl methyl sites for hydroxylation is 2. The van der Waals surface area contributed by atoms with E-state index in [1.165, 1.54) is 22.3 Å². The van der Waals surface area contributed by atoms with Crippen molar-refractivity contribution in [2.24, 2.45) is 0 Å². The van der Waals surface area contributed by atoms with E-state index in [2.05, 4.69) is 54.5 Å². The highest BCUT2D eigenvalue weighted by Crippen LogP contribution is 2.33. The molecule has 0 saturated carbocycles. The quantitative estimate of drug-likeness (QED) is 0.176. The van der Waals surface area contributed by atoms with Gasteiger partial charge in [-0.3, -0.25) is 14.6 Å². The number of carbonyl (C=O) groups is 2. The molecular weight excluding hydrogens is 524 g/mol. The number of nitrogens with zero attached hydrogens (tertiary/aromatic N) is 1. The van der Waals surface area contributed by atoms with Crippen LogP contribution < -0.4 is 5.32 Å². The summed E-state index contributed by atoms with van der Waals surface area (Å²) in [6.45, 7) is 6.84. The highest BCUT2D eigenvalue weighted by Gasteiger charge is 2.23. The van der Waals surface area contributed by atoms with Gasteiger partial charge in [0.05, 0.1) is 25.4 Å². The number of benzene rings is 3. The lowest BCUT2D eigenvalue weighted by Gasteiger charge is -2.21. The lowest BCUT2D eigenvalue weighted by Crippen LogP contribution is -2.30. The molecule has 1 amide bonds. The number of fused-ring (bicyclic) bond motifs is 1. The van der Waals surface area contributed by atoms with Gasteiger partial charge >= 0.3 is 5.97 Å². The van der Waals surface area contributed by atoms with Crippen molar-refractivity contribution in [3.63, 3.8) is 0 Å². The van der Waals surface area contributed by atoms with Crippen LogP contribution in [0.4, 0.5) is 0 Å². The fraction of sp³-hybridized carbons (Fsp3) is 0.250. The van der Waals surface area contributed by atoms with Crippen LogP contribution in [0.2, 0.25) is 0 Å². The van der Waals surface area contributed by atoms with Gasteiger partial charge in [0.25, 0.3) is 0 Å². The first-order valence-corrected chi connectivity index (χ1v) is 14.4. The molecule has 5 rings (SSSR count). The monoisotopic (exact) mass is 560 g/mol. The molecule has 1 N–H and O–H groups in total. The molecule has 6 nitrogen and oxygen atoms in total. The summed E-state index contributed by atoms with van der Waals surface area (Å²) in [6.07, 6.45) is 3.82. The summed E-state index contributed by atoms with van der Waals surface area (Å²) in [5, 5.41) is 4.06. The van der Waals surface area contributed by atoms with Crippen molar-refractivity contribution in [2.75, 3.05) is 13.2 Å². The molecule has 0 aliphatic rings. The number of aromatic nitrogens is 1. The summed E-state index contributed by atoms with van der Waals surface area (Å²) in [5.74, 6) is 0.100. The summed E-state index contributed by atoms with van der Waals surface area (Å²) >= 11 is 0. The Balaban J connectivity index is 1.32. The maximum atomic E-state index is 13.1. The number of pyridine rings is 1. The average molecular weight is 561 g/mol. The van der Waals surface area contributed by atoms with Gasteiger partial charge in [0.2, 0.25) is 5.91 Å². The van der Waals surface area contributed by atoms with Gasteiger partial charge in [-0.2, -0.15) is 0 Å². The van der Waals surface area contributed by atoms with Crippen LogP contribution in [0.3, 0.4) is 0 Å². The Kier molecular flexibility index (Phi) is 9.12. The standard InChI is InChI=1S/C36H36N2O4/c1-4-41-36(40)22-31(28-14-16-37-17-15-28)34-21-29-19-26(11-13-33(29)42-34)20-35(39)38-23-32(27-8-6-5-7-9-27)30-12-10-24(2)18-25(30)3/h5-19,21,31-32H,4,20,22-23H2,1-3H3,(H,38,39). The third kappa shape index (κ3) is 6.95. The predicted molar refractivity (Wildman–Crippen MR) is 164 cm³/mol. The predicted octanol–water partition coefficient (Wildman–Crippen LogP) is 7.02. The number of amides is 1. The second kappa shape index (κ2) is 13.3. The summed E-state index contributed by atoms with van der Waals surface area (Å²) in [5.41, 5.74) is 7.34. The first-order valence-electron chi connectivity index (χ1n) is 14.4. The molecule has 0 bridgehead atoms. The molecule has 3 aromatic carbocycles. The second-order valence-corrected chi connectivity index (χ2v) is 10.7. The SMILES string of the molecule is CCOC(=O)CC(c1ccncc1)c1cc2cc(CC(=O)NCC(c3ccccc3)c3ccc(C)cc3C)ccc2o1. The maximum absolute atomic E-state index is 13.1. The third-order valence-electron chi connectivity index (χ3n) is 7.60. The van der Waals surface area contributed by atoms with E-state index in [4.69, 9.17) is 9.15 Å². The van der Waals surface area contributed by atoms with Gasteiger partial charge in [-0.05, 0) is 78.9 Å². The molecule has 5 aromatic rings. The summed E-state index contributed by atoms with van der Waals surface area (Å²) in [6, 6.07) is 28.3. The molecule has 214 valence electrons. The number of esters is 1. The zero-order valence-corrected chi connectivity index (χ0v) is 24.3. The number of hydrogen-bond acceptors (Lipinski definition) is 5. The van der Waals surface area contributed by atoms with Crippen molar-refractivity contribution in [1.29, 1.82) is 0 Å². The number of rotatable bonds is 11. The molecule has 2 heterocycles. The van der Waals surface area contributed by atoms with Gasteiger partial charge in [0.15, 0.2) is 0 Å². The molecular formula is C36H36N2O4. The van der Waals surface area contributed by atoms with E-state index in [9.17, 15) is 9.59 Å². The van der Waals surface area contributed by atoms with Gasteiger partial charge < -0.3 is 14.5 Å². The van der Waals surface area contributed by atoms with E-state index < -0.39 is 0 Å².